The number of aromatic amines is 1. The lowest BCUT2D eigenvalue weighted by Gasteiger charge is -2.10. The summed E-state index contributed by atoms with van der Waals surface area (Å²) < 4.78 is 14.4. The van der Waals surface area contributed by atoms with Gasteiger partial charge >= 0.3 is 11.1 Å². The number of nitrogens with one attached hydrogen (secondary N) is 2. The van der Waals surface area contributed by atoms with Crippen LogP contribution in [0, 0.1) is 5.82 Å². The van der Waals surface area contributed by atoms with E-state index in [1.54, 1.807) is 12.1 Å². The maximum Gasteiger partial charge on any atom is 0.317 e. The summed E-state index contributed by atoms with van der Waals surface area (Å²) in [5.74, 6) is -0.969. The Labute approximate surface area is 152 Å². The topological polar surface area (TPSA) is 84.0 Å². The molecule has 6 nitrogen and oxygen atoms in total. The molecule has 1 heterocycles. The van der Waals surface area contributed by atoms with E-state index in [0.29, 0.717) is 18.0 Å². The zero-order valence-electron chi connectivity index (χ0n) is 13.6. The molecule has 2 aromatic carbocycles. The molecule has 134 valence electrons. The first-order valence-electron chi connectivity index (χ1n) is 7.87. The van der Waals surface area contributed by atoms with E-state index in [1.165, 1.54) is 6.07 Å². The van der Waals surface area contributed by atoms with Gasteiger partial charge in [0.05, 0.1) is 11.0 Å². The van der Waals surface area contributed by atoms with Gasteiger partial charge in [0, 0.05) is 11.6 Å². The summed E-state index contributed by atoms with van der Waals surface area (Å²) in [5.41, 5.74) is -0.328. The molecule has 0 aliphatic carbocycles. The minimum absolute atomic E-state index is 0.156. The Hall–Kier alpha value is -2.93. The van der Waals surface area contributed by atoms with E-state index in [4.69, 9.17) is 11.6 Å². The largest absolute Gasteiger partial charge is 0.354 e. The van der Waals surface area contributed by atoms with Crippen LogP contribution in [0.25, 0.3) is 11.0 Å². The first kappa shape index (κ1) is 17.9. The molecule has 1 aromatic heterocycles. The Morgan fingerprint density at radius 2 is 1.88 bits per heavy atom. The van der Waals surface area contributed by atoms with Gasteiger partial charge in [-0.1, -0.05) is 23.7 Å². The molecule has 0 saturated carbocycles. The van der Waals surface area contributed by atoms with E-state index in [-0.39, 0.29) is 17.6 Å². The Bertz CT molecular complexity index is 1070. The number of fused-ring (bicyclic) bond motifs is 1. The Kier molecular flexibility index (Phi) is 5.18. The standard InChI is InChI=1S/C18H15ClFN3O3/c19-12-3-1-11(2-4-12)7-8-21-16(24)10-23-15-6-5-13(20)9-14(15)22-17(25)18(23)26/h1-6,9H,7-8,10H2,(H,21,24)(H,22,25). The molecule has 3 rings (SSSR count). The van der Waals surface area contributed by atoms with Crippen LogP contribution in [0.2, 0.25) is 5.02 Å². The van der Waals surface area contributed by atoms with Crippen LogP contribution >= 0.6 is 11.6 Å². The monoisotopic (exact) mass is 375 g/mol. The Balaban J connectivity index is 1.73. The highest BCUT2D eigenvalue weighted by atomic mass is 35.5. The number of aromatic nitrogens is 2. The van der Waals surface area contributed by atoms with Gasteiger partial charge in [-0.05, 0) is 42.3 Å². The summed E-state index contributed by atoms with van der Waals surface area (Å²) in [6, 6.07) is 10.9. The summed E-state index contributed by atoms with van der Waals surface area (Å²) in [6.07, 6.45) is 0.596. The Morgan fingerprint density at radius 3 is 2.62 bits per heavy atom. The van der Waals surface area contributed by atoms with E-state index in [9.17, 15) is 18.8 Å². The highest BCUT2D eigenvalue weighted by Gasteiger charge is 2.11. The van der Waals surface area contributed by atoms with Gasteiger partial charge < -0.3 is 10.3 Å². The van der Waals surface area contributed by atoms with Gasteiger partial charge in [0.25, 0.3) is 0 Å². The molecule has 0 fully saturated rings. The maximum atomic E-state index is 13.3. The molecule has 0 atom stereocenters. The van der Waals surface area contributed by atoms with Crippen molar-refractivity contribution in [2.24, 2.45) is 0 Å². The third-order valence-corrected chi connectivity index (χ3v) is 4.14. The third kappa shape index (κ3) is 4.00. The highest BCUT2D eigenvalue weighted by molar-refractivity contribution is 6.30. The SMILES string of the molecule is O=C(Cn1c(=O)c(=O)[nH]c2cc(F)ccc21)NCCc1ccc(Cl)cc1. The summed E-state index contributed by atoms with van der Waals surface area (Å²) in [5, 5.41) is 3.33. The van der Waals surface area contributed by atoms with Crippen LogP contribution < -0.4 is 16.4 Å². The number of benzene rings is 2. The number of hydrogen-bond donors (Lipinski definition) is 2. The molecule has 0 unspecified atom stereocenters. The van der Waals surface area contributed by atoms with E-state index in [0.717, 1.165) is 22.3 Å². The van der Waals surface area contributed by atoms with Crippen molar-refractivity contribution >= 4 is 28.5 Å². The van der Waals surface area contributed by atoms with Crippen molar-refractivity contribution in [3.63, 3.8) is 0 Å². The van der Waals surface area contributed by atoms with Crippen molar-refractivity contribution in [2.75, 3.05) is 6.54 Å². The fourth-order valence-electron chi connectivity index (χ4n) is 2.61. The molecule has 0 saturated heterocycles. The molecule has 0 radical (unpaired) electrons. The molecular formula is C18H15ClFN3O3. The van der Waals surface area contributed by atoms with Crippen LogP contribution in [0.3, 0.4) is 0 Å². The van der Waals surface area contributed by atoms with Crippen molar-refractivity contribution in [3.8, 4) is 0 Å². The maximum absolute atomic E-state index is 13.3. The molecule has 0 aliphatic rings. The van der Waals surface area contributed by atoms with Gasteiger partial charge in [-0.2, -0.15) is 0 Å². The van der Waals surface area contributed by atoms with E-state index in [2.05, 4.69) is 10.3 Å². The minimum Gasteiger partial charge on any atom is -0.354 e. The predicted octanol–water partition coefficient (Wildman–Crippen LogP) is 1.84. The summed E-state index contributed by atoms with van der Waals surface area (Å²) in [4.78, 5) is 38.2. The number of hydrogen-bond acceptors (Lipinski definition) is 3. The molecule has 0 spiro atoms. The fraction of sp³-hybridized carbons (Fsp3) is 0.167. The number of amides is 1. The number of carbonyl (C=O) groups is 1. The smallest absolute Gasteiger partial charge is 0.317 e. The molecule has 0 aliphatic heterocycles. The van der Waals surface area contributed by atoms with Crippen molar-refractivity contribution in [1.82, 2.24) is 14.9 Å². The van der Waals surface area contributed by atoms with Gasteiger partial charge in [-0.25, -0.2) is 4.39 Å². The van der Waals surface area contributed by atoms with Crippen molar-refractivity contribution in [3.05, 3.63) is 79.6 Å². The normalized spacial score (nSPS) is 10.8. The van der Waals surface area contributed by atoms with E-state index in [1.807, 2.05) is 12.1 Å². The lowest BCUT2D eigenvalue weighted by molar-refractivity contribution is -0.121. The molecule has 0 bridgehead atoms. The first-order valence-corrected chi connectivity index (χ1v) is 8.25. The second-order valence-electron chi connectivity index (χ2n) is 5.73. The van der Waals surface area contributed by atoms with Gasteiger partial charge in [-0.3, -0.25) is 19.0 Å². The average molecular weight is 376 g/mol. The minimum atomic E-state index is -0.905. The van der Waals surface area contributed by atoms with E-state index >= 15 is 0 Å². The van der Waals surface area contributed by atoms with Gasteiger partial charge in [0.1, 0.15) is 12.4 Å². The lowest BCUT2D eigenvalue weighted by atomic mass is 10.1. The van der Waals surface area contributed by atoms with Crippen molar-refractivity contribution < 1.29 is 9.18 Å². The molecule has 8 heteroatoms. The second-order valence-corrected chi connectivity index (χ2v) is 6.17. The average Bonchev–Trinajstić information content (AvgIpc) is 2.60. The van der Waals surface area contributed by atoms with Gasteiger partial charge in [-0.15, -0.1) is 0 Å². The third-order valence-electron chi connectivity index (χ3n) is 3.89. The Morgan fingerprint density at radius 1 is 1.15 bits per heavy atom. The molecule has 1 amide bonds. The van der Waals surface area contributed by atoms with Crippen molar-refractivity contribution in [2.45, 2.75) is 13.0 Å². The van der Waals surface area contributed by atoms with Crippen LogP contribution in [0.4, 0.5) is 4.39 Å². The zero-order chi connectivity index (χ0) is 18.7. The number of carbonyl (C=O) groups excluding carboxylic acids is 1. The van der Waals surface area contributed by atoms with Crippen LogP contribution in [0.1, 0.15) is 5.56 Å². The van der Waals surface area contributed by atoms with Crippen molar-refractivity contribution in [1.29, 1.82) is 0 Å². The number of H-pyrrole nitrogens is 1. The van der Waals surface area contributed by atoms with Gasteiger partial charge in [0.2, 0.25) is 5.91 Å². The number of rotatable bonds is 5. The first-order chi connectivity index (χ1) is 12.4. The van der Waals surface area contributed by atoms with E-state index < -0.39 is 22.8 Å². The second kappa shape index (κ2) is 7.53. The van der Waals surface area contributed by atoms with Crippen LogP contribution in [0.5, 0.6) is 0 Å². The zero-order valence-corrected chi connectivity index (χ0v) is 14.3. The molecular weight excluding hydrogens is 361 g/mol. The van der Waals surface area contributed by atoms with Crippen LogP contribution in [-0.4, -0.2) is 22.0 Å². The fourth-order valence-corrected chi connectivity index (χ4v) is 2.73. The molecule has 26 heavy (non-hydrogen) atoms. The highest BCUT2D eigenvalue weighted by Crippen LogP contribution is 2.11. The van der Waals surface area contributed by atoms with Crippen LogP contribution in [-0.2, 0) is 17.8 Å². The number of nitrogens with zero attached hydrogens (tertiary/aromatic N) is 1. The molecule has 2 N–H and O–H groups in total. The quantitative estimate of drug-likeness (QED) is 0.667. The number of halogens is 2. The lowest BCUT2D eigenvalue weighted by Crippen LogP contribution is -2.40. The molecule has 3 aromatic rings. The van der Waals surface area contributed by atoms with Gasteiger partial charge in [0.15, 0.2) is 0 Å². The predicted molar refractivity (Wildman–Crippen MR) is 97.0 cm³/mol. The summed E-state index contributed by atoms with van der Waals surface area (Å²) >= 11 is 5.82. The summed E-state index contributed by atoms with van der Waals surface area (Å²) in [6.45, 7) is 0.0382. The van der Waals surface area contributed by atoms with Crippen LogP contribution in [0.15, 0.2) is 52.1 Å². The summed E-state index contributed by atoms with van der Waals surface area (Å²) in [7, 11) is 0.